The number of hydrazine groups is 1. The van der Waals surface area contributed by atoms with E-state index >= 15 is 0 Å². The quantitative estimate of drug-likeness (QED) is 0.691. The largest absolute Gasteiger partial charge is 0.478 e. The van der Waals surface area contributed by atoms with Crippen LogP contribution in [-0.2, 0) is 22.4 Å². The van der Waals surface area contributed by atoms with Crippen LogP contribution in [0.15, 0.2) is 30.3 Å². The van der Waals surface area contributed by atoms with Gasteiger partial charge in [0.1, 0.15) is 5.75 Å². The predicted octanol–water partition coefficient (Wildman–Crippen LogP) is 2.42. The second-order valence-electron chi connectivity index (χ2n) is 7.21. The van der Waals surface area contributed by atoms with Crippen LogP contribution in [0.2, 0.25) is 0 Å². The molecule has 0 fully saturated rings. The third kappa shape index (κ3) is 3.87. The third-order valence-electron chi connectivity index (χ3n) is 4.95. The van der Waals surface area contributed by atoms with Gasteiger partial charge < -0.3 is 10.1 Å². The second-order valence-corrected chi connectivity index (χ2v) is 8.34. The number of carbonyl (C=O) groups excluding carboxylic acids is 3. The lowest BCUT2D eigenvalue weighted by molar-refractivity contribution is -0.130. The monoisotopic (exact) mass is 399 g/mol. The molecular formula is C20H21N3O4S. The highest BCUT2D eigenvalue weighted by molar-refractivity contribution is 7.14. The van der Waals surface area contributed by atoms with Crippen LogP contribution in [0.1, 0.15) is 39.9 Å². The summed E-state index contributed by atoms with van der Waals surface area (Å²) in [5, 5.41) is 2.71. The van der Waals surface area contributed by atoms with E-state index in [0.717, 1.165) is 19.3 Å². The molecule has 1 aliphatic heterocycles. The highest BCUT2D eigenvalue weighted by Crippen LogP contribution is 2.32. The van der Waals surface area contributed by atoms with Crippen molar-refractivity contribution in [3.05, 3.63) is 45.6 Å². The van der Waals surface area contributed by atoms with Gasteiger partial charge in [-0.05, 0) is 48.9 Å². The van der Waals surface area contributed by atoms with Crippen LogP contribution in [-0.4, -0.2) is 23.8 Å². The Bertz CT molecular complexity index is 939. The van der Waals surface area contributed by atoms with Gasteiger partial charge in [-0.15, -0.1) is 11.3 Å². The molecule has 4 rings (SSSR count). The van der Waals surface area contributed by atoms with Gasteiger partial charge in [-0.1, -0.05) is 19.1 Å². The minimum Gasteiger partial charge on any atom is -0.478 e. The lowest BCUT2D eigenvalue weighted by Crippen LogP contribution is -2.46. The Kier molecular flexibility index (Phi) is 5.04. The van der Waals surface area contributed by atoms with Crippen LogP contribution in [0.3, 0.4) is 0 Å². The van der Waals surface area contributed by atoms with Crippen LogP contribution in [0.5, 0.6) is 5.75 Å². The number of thiophene rings is 1. The summed E-state index contributed by atoms with van der Waals surface area (Å²) in [4.78, 5) is 38.4. The van der Waals surface area contributed by atoms with Crippen molar-refractivity contribution in [1.29, 1.82) is 0 Å². The average molecular weight is 399 g/mol. The molecular weight excluding hydrogens is 378 g/mol. The van der Waals surface area contributed by atoms with Gasteiger partial charge in [-0.3, -0.25) is 25.2 Å². The summed E-state index contributed by atoms with van der Waals surface area (Å²) in [5.41, 5.74) is 6.60. The fourth-order valence-electron chi connectivity index (χ4n) is 3.45. The number of aryl methyl sites for hydroxylation is 1. The van der Waals surface area contributed by atoms with Gasteiger partial charge >= 0.3 is 0 Å². The predicted molar refractivity (Wildman–Crippen MR) is 105 cm³/mol. The molecule has 1 aliphatic carbocycles. The average Bonchev–Trinajstić information content (AvgIpc) is 3.10. The first-order valence-electron chi connectivity index (χ1n) is 9.27. The third-order valence-corrected chi connectivity index (χ3v) is 6.18. The summed E-state index contributed by atoms with van der Waals surface area (Å²) in [7, 11) is 0. The van der Waals surface area contributed by atoms with E-state index in [1.54, 1.807) is 24.3 Å². The summed E-state index contributed by atoms with van der Waals surface area (Å²) >= 11 is 1.47. The van der Waals surface area contributed by atoms with E-state index in [1.165, 1.54) is 21.8 Å². The van der Waals surface area contributed by atoms with Crippen molar-refractivity contribution in [3.63, 3.8) is 0 Å². The Labute approximate surface area is 166 Å². The van der Waals surface area contributed by atoms with Crippen molar-refractivity contribution in [2.75, 3.05) is 5.32 Å². The number of amides is 3. The van der Waals surface area contributed by atoms with E-state index in [1.807, 2.05) is 6.07 Å². The minimum absolute atomic E-state index is 0.196. The molecule has 1 aromatic heterocycles. The standard InChI is InChI=1S/C20H21N3O4S/c1-11-6-7-16-12(8-11)9-17(28-16)20(26)23-22-18(24)10-15-19(25)21-13-4-2-3-5-14(13)27-15/h2-5,9,11,15H,6-8,10H2,1H3,(H,21,25)(H,22,24)(H,23,26)/t11-,15+/m1/s1. The van der Waals surface area contributed by atoms with Crippen molar-refractivity contribution in [2.24, 2.45) is 5.92 Å². The molecule has 2 aliphatic rings. The molecule has 2 aromatic rings. The van der Waals surface area contributed by atoms with E-state index in [9.17, 15) is 14.4 Å². The van der Waals surface area contributed by atoms with E-state index in [4.69, 9.17) is 4.74 Å². The number of fused-ring (bicyclic) bond motifs is 2. The first-order chi connectivity index (χ1) is 13.5. The number of carbonyl (C=O) groups is 3. The Morgan fingerprint density at radius 1 is 1.29 bits per heavy atom. The Morgan fingerprint density at radius 3 is 2.96 bits per heavy atom. The molecule has 7 nitrogen and oxygen atoms in total. The van der Waals surface area contributed by atoms with Crippen LogP contribution in [0, 0.1) is 5.92 Å². The molecule has 1 aromatic carbocycles. The number of benzene rings is 1. The Hall–Kier alpha value is -2.87. The van der Waals surface area contributed by atoms with Crippen molar-refractivity contribution in [1.82, 2.24) is 10.9 Å². The van der Waals surface area contributed by atoms with Gasteiger partial charge in [0.15, 0.2) is 6.10 Å². The van der Waals surface area contributed by atoms with Gasteiger partial charge in [0.05, 0.1) is 17.0 Å². The number of rotatable bonds is 3. The van der Waals surface area contributed by atoms with E-state index < -0.39 is 12.0 Å². The molecule has 0 spiro atoms. The van der Waals surface area contributed by atoms with Gasteiger partial charge in [0.2, 0.25) is 5.91 Å². The van der Waals surface area contributed by atoms with Crippen molar-refractivity contribution in [3.8, 4) is 5.75 Å². The van der Waals surface area contributed by atoms with Crippen molar-refractivity contribution >= 4 is 34.7 Å². The SMILES string of the molecule is C[C@@H]1CCc2sc(C(=O)NNC(=O)C[C@@H]3Oc4ccccc4NC3=O)cc2C1. The maximum atomic E-state index is 12.3. The number of ether oxygens (including phenoxy) is 1. The van der Waals surface area contributed by atoms with Crippen LogP contribution in [0.4, 0.5) is 5.69 Å². The van der Waals surface area contributed by atoms with Gasteiger partial charge in [-0.25, -0.2) is 0 Å². The molecule has 0 saturated heterocycles. The number of hydrogen-bond acceptors (Lipinski definition) is 5. The second kappa shape index (κ2) is 7.63. The highest BCUT2D eigenvalue weighted by atomic mass is 32.1. The number of hydrogen-bond donors (Lipinski definition) is 3. The zero-order valence-electron chi connectivity index (χ0n) is 15.4. The summed E-state index contributed by atoms with van der Waals surface area (Å²) in [6.45, 7) is 2.21. The maximum absolute atomic E-state index is 12.3. The van der Waals surface area contributed by atoms with Gasteiger partial charge in [-0.2, -0.15) is 0 Å². The molecule has 28 heavy (non-hydrogen) atoms. The van der Waals surface area contributed by atoms with E-state index in [2.05, 4.69) is 23.1 Å². The smallest absolute Gasteiger partial charge is 0.279 e. The molecule has 3 amide bonds. The Balaban J connectivity index is 1.31. The van der Waals surface area contributed by atoms with E-state index in [-0.39, 0.29) is 18.2 Å². The van der Waals surface area contributed by atoms with Crippen LogP contribution >= 0.6 is 11.3 Å². The Morgan fingerprint density at radius 2 is 2.11 bits per heavy atom. The summed E-state index contributed by atoms with van der Waals surface area (Å²) < 4.78 is 5.59. The van der Waals surface area contributed by atoms with Crippen molar-refractivity contribution < 1.29 is 19.1 Å². The lowest BCUT2D eigenvalue weighted by atomic mass is 9.90. The number of anilines is 1. The summed E-state index contributed by atoms with van der Waals surface area (Å²) in [6.07, 6.45) is 1.98. The first-order valence-corrected chi connectivity index (χ1v) is 10.1. The molecule has 146 valence electrons. The molecule has 0 radical (unpaired) electrons. The topological polar surface area (TPSA) is 96.5 Å². The molecule has 8 heteroatoms. The van der Waals surface area contributed by atoms with Crippen LogP contribution in [0.25, 0.3) is 0 Å². The van der Waals surface area contributed by atoms with Crippen molar-refractivity contribution in [2.45, 2.75) is 38.7 Å². The maximum Gasteiger partial charge on any atom is 0.279 e. The fraction of sp³-hybridized carbons (Fsp3) is 0.350. The normalized spacial score (nSPS) is 20.2. The zero-order chi connectivity index (χ0) is 19.7. The molecule has 0 unspecified atom stereocenters. The fourth-order valence-corrected chi connectivity index (χ4v) is 4.56. The molecule has 3 N–H and O–H groups in total. The highest BCUT2D eigenvalue weighted by Gasteiger charge is 2.29. The minimum atomic E-state index is -0.942. The van der Waals surface area contributed by atoms with Crippen LogP contribution < -0.4 is 20.9 Å². The van der Waals surface area contributed by atoms with E-state index in [0.29, 0.717) is 22.2 Å². The summed E-state index contributed by atoms with van der Waals surface area (Å²) in [6, 6.07) is 8.93. The molecule has 2 atom stereocenters. The van der Waals surface area contributed by atoms with Gasteiger partial charge in [0, 0.05) is 4.88 Å². The molecule has 2 heterocycles. The first kappa shape index (κ1) is 18.5. The molecule has 0 saturated carbocycles. The number of nitrogens with one attached hydrogen (secondary N) is 3. The summed E-state index contributed by atoms with van der Waals surface area (Å²) in [5.74, 6) is -0.0883. The molecule has 0 bridgehead atoms. The number of para-hydroxylation sites is 2. The van der Waals surface area contributed by atoms with Gasteiger partial charge in [0.25, 0.3) is 11.8 Å². The zero-order valence-corrected chi connectivity index (χ0v) is 16.2. The lowest BCUT2D eigenvalue weighted by Gasteiger charge is -2.25.